The Hall–Kier alpha value is -1.68. The van der Waals surface area contributed by atoms with Gasteiger partial charge in [0.2, 0.25) is 0 Å². The van der Waals surface area contributed by atoms with E-state index >= 15 is 0 Å². The van der Waals surface area contributed by atoms with Crippen LogP contribution in [0, 0.1) is 5.82 Å². The fourth-order valence-corrected chi connectivity index (χ4v) is 1.47. The Morgan fingerprint density at radius 2 is 2.29 bits per heavy atom. The number of carbonyl (C=O) groups is 1. The monoisotopic (exact) mass is 193 g/mol. The van der Waals surface area contributed by atoms with E-state index in [4.69, 9.17) is 0 Å². The lowest BCUT2D eigenvalue weighted by Crippen LogP contribution is -1.97. The third-order valence-corrected chi connectivity index (χ3v) is 2.13. The lowest BCUT2D eigenvalue weighted by molar-refractivity contribution is -0.115. The number of aromatic amines is 1. The number of carbonyl (C=O) groups excluding carboxylic acids is 1. The van der Waals surface area contributed by atoms with Crippen molar-refractivity contribution in [2.75, 3.05) is 0 Å². The summed E-state index contributed by atoms with van der Waals surface area (Å²) in [5, 5.41) is 9.56. The van der Waals surface area contributed by atoms with E-state index in [1.54, 1.807) is 12.1 Å². The fraction of sp³-hybridized carbons (Fsp3) is 0.100. The Bertz CT molecular complexity index is 478. The first-order chi connectivity index (χ1) is 6.74. The zero-order valence-electron chi connectivity index (χ0n) is 7.20. The van der Waals surface area contributed by atoms with E-state index in [1.165, 1.54) is 12.3 Å². The topological polar surface area (TPSA) is 53.1 Å². The molecule has 1 aromatic carbocycles. The van der Waals surface area contributed by atoms with E-state index in [-0.39, 0.29) is 10.9 Å². The largest absolute Gasteiger partial charge is 0.381 e. The molecule has 1 atom stereocenters. The van der Waals surface area contributed by atoms with Crippen LogP contribution in [-0.2, 0) is 4.79 Å². The molecule has 0 aliphatic rings. The lowest BCUT2D eigenvalue weighted by atomic mass is 10.1. The molecule has 0 saturated heterocycles. The molecule has 0 aliphatic heterocycles. The summed E-state index contributed by atoms with van der Waals surface area (Å²) >= 11 is 0. The first-order valence-electron chi connectivity index (χ1n) is 4.13. The Labute approximate surface area is 79.2 Å². The van der Waals surface area contributed by atoms with Crippen molar-refractivity contribution < 1.29 is 14.3 Å². The number of H-pyrrole nitrogens is 1. The van der Waals surface area contributed by atoms with Crippen LogP contribution in [0.2, 0.25) is 0 Å². The van der Waals surface area contributed by atoms with Crippen LogP contribution in [0.15, 0.2) is 24.4 Å². The van der Waals surface area contributed by atoms with Gasteiger partial charge in [-0.2, -0.15) is 0 Å². The maximum atomic E-state index is 13.3. The van der Waals surface area contributed by atoms with Crippen molar-refractivity contribution in [1.29, 1.82) is 0 Å². The number of halogens is 1. The number of aliphatic hydroxyl groups excluding tert-OH is 1. The van der Waals surface area contributed by atoms with Gasteiger partial charge in [-0.3, -0.25) is 0 Å². The second-order valence-electron chi connectivity index (χ2n) is 2.99. The minimum absolute atomic E-state index is 0.270. The summed E-state index contributed by atoms with van der Waals surface area (Å²) < 4.78 is 13.3. The highest BCUT2D eigenvalue weighted by atomic mass is 19.1. The summed E-state index contributed by atoms with van der Waals surface area (Å²) in [5.74, 6) is -0.445. The molecule has 1 unspecified atom stereocenters. The van der Waals surface area contributed by atoms with Crippen molar-refractivity contribution in [3.05, 3.63) is 35.8 Å². The van der Waals surface area contributed by atoms with Crippen LogP contribution in [0.1, 0.15) is 11.7 Å². The molecule has 3 nitrogen and oxygen atoms in total. The molecule has 2 rings (SSSR count). The Morgan fingerprint density at radius 1 is 1.50 bits per heavy atom. The van der Waals surface area contributed by atoms with Crippen LogP contribution in [0.5, 0.6) is 0 Å². The maximum absolute atomic E-state index is 13.3. The van der Waals surface area contributed by atoms with E-state index in [9.17, 15) is 14.3 Å². The van der Waals surface area contributed by atoms with Gasteiger partial charge in [-0.15, -0.1) is 0 Å². The summed E-state index contributed by atoms with van der Waals surface area (Å²) in [5.41, 5.74) is 0.842. The fourth-order valence-electron chi connectivity index (χ4n) is 1.47. The molecule has 0 amide bonds. The number of hydrogen-bond acceptors (Lipinski definition) is 2. The highest BCUT2D eigenvalue weighted by molar-refractivity contribution is 5.86. The van der Waals surface area contributed by atoms with Crippen LogP contribution in [0.4, 0.5) is 4.39 Å². The number of aldehydes is 1. The molecule has 2 aromatic rings. The van der Waals surface area contributed by atoms with E-state index < -0.39 is 11.9 Å². The van der Waals surface area contributed by atoms with Crippen molar-refractivity contribution in [2.45, 2.75) is 6.10 Å². The molecule has 2 N–H and O–H groups in total. The standard InChI is InChI=1S/C10H8FNO2/c11-7-2-1-3-8-10(7)6(4-12-8)9(14)5-13/h1-5,9,12,14H. The van der Waals surface area contributed by atoms with Gasteiger partial charge in [0.15, 0.2) is 6.29 Å². The molecular formula is C10H8FNO2. The molecular weight excluding hydrogens is 185 g/mol. The summed E-state index contributed by atoms with van der Waals surface area (Å²) in [6.45, 7) is 0. The maximum Gasteiger partial charge on any atom is 0.153 e. The summed E-state index contributed by atoms with van der Waals surface area (Å²) in [7, 11) is 0. The van der Waals surface area contributed by atoms with Gasteiger partial charge in [0.05, 0.1) is 0 Å². The summed E-state index contributed by atoms with van der Waals surface area (Å²) in [6.07, 6.45) is 0.530. The average molecular weight is 193 g/mol. The third-order valence-electron chi connectivity index (χ3n) is 2.13. The molecule has 14 heavy (non-hydrogen) atoms. The van der Waals surface area contributed by atoms with Gasteiger partial charge in [0.25, 0.3) is 0 Å². The SMILES string of the molecule is O=CC(O)c1c[nH]c2cccc(F)c12. The van der Waals surface area contributed by atoms with Crippen molar-refractivity contribution in [3.63, 3.8) is 0 Å². The van der Waals surface area contributed by atoms with Gasteiger partial charge >= 0.3 is 0 Å². The van der Waals surface area contributed by atoms with Crippen LogP contribution in [-0.4, -0.2) is 16.4 Å². The molecule has 1 heterocycles. The lowest BCUT2D eigenvalue weighted by Gasteiger charge is -2.00. The smallest absolute Gasteiger partial charge is 0.153 e. The van der Waals surface area contributed by atoms with Crippen molar-refractivity contribution in [1.82, 2.24) is 4.98 Å². The van der Waals surface area contributed by atoms with Gasteiger partial charge in [-0.25, -0.2) is 4.39 Å². The van der Waals surface area contributed by atoms with Crippen LogP contribution in [0.3, 0.4) is 0 Å². The zero-order valence-corrected chi connectivity index (χ0v) is 7.20. The Morgan fingerprint density at radius 3 is 3.00 bits per heavy atom. The molecule has 0 spiro atoms. The number of aliphatic hydroxyl groups is 1. The molecule has 0 aliphatic carbocycles. The molecule has 0 saturated carbocycles. The molecule has 4 heteroatoms. The number of rotatable bonds is 2. The van der Waals surface area contributed by atoms with Crippen LogP contribution >= 0.6 is 0 Å². The van der Waals surface area contributed by atoms with Crippen molar-refractivity contribution in [2.24, 2.45) is 0 Å². The highest BCUT2D eigenvalue weighted by Crippen LogP contribution is 2.25. The number of hydrogen-bond donors (Lipinski definition) is 2. The predicted molar refractivity (Wildman–Crippen MR) is 49.3 cm³/mol. The second-order valence-corrected chi connectivity index (χ2v) is 2.99. The summed E-state index contributed by atoms with van der Waals surface area (Å²) in [6, 6.07) is 4.53. The minimum atomic E-state index is -1.28. The Balaban J connectivity index is 2.72. The molecule has 0 fully saturated rings. The van der Waals surface area contributed by atoms with E-state index in [2.05, 4.69) is 4.98 Å². The molecule has 0 bridgehead atoms. The molecule has 72 valence electrons. The minimum Gasteiger partial charge on any atom is -0.381 e. The predicted octanol–water partition coefficient (Wildman–Crippen LogP) is 1.54. The Kier molecular flexibility index (Phi) is 2.05. The van der Waals surface area contributed by atoms with E-state index in [0.29, 0.717) is 11.8 Å². The number of benzene rings is 1. The van der Waals surface area contributed by atoms with Gasteiger partial charge in [-0.05, 0) is 12.1 Å². The number of fused-ring (bicyclic) bond motifs is 1. The van der Waals surface area contributed by atoms with Crippen LogP contribution in [0.25, 0.3) is 10.9 Å². The van der Waals surface area contributed by atoms with Gasteiger partial charge in [0.1, 0.15) is 11.9 Å². The van der Waals surface area contributed by atoms with Gasteiger partial charge in [0, 0.05) is 22.7 Å². The third kappa shape index (κ3) is 1.20. The van der Waals surface area contributed by atoms with Gasteiger partial charge < -0.3 is 14.9 Å². The number of nitrogens with one attached hydrogen (secondary N) is 1. The first kappa shape index (κ1) is 8.90. The normalized spacial score (nSPS) is 13.0. The highest BCUT2D eigenvalue weighted by Gasteiger charge is 2.14. The second kappa shape index (κ2) is 3.23. The molecule has 1 aromatic heterocycles. The quantitative estimate of drug-likeness (QED) is 0.711. The van der Waals surface area contributed by atoms with Crippen LogP contribution < -0.4 is 0 Å². The van der Waals surface area contributed by atoms with Crippen molar-refractivity contribution in [3.8, 4) is 0 Å². The summed E-state index contributed by atoms with van der Waals surface area (Å²) in [4.78, 5) is 13.2. The van der Waals surface area contributed by atoms with Crippen molar-refractivity contribution >= 4 is 17.2 Å². The average Bonchev–Trinajstić information content (AvgIpc) is 2.62. The van der Waals surface area contributed by atoms with Gasteiger partial charge in [-0.1, -0.05) is 6.07 Å². The van der Waals surface area contributed by atoms with E-state index in [0.717, 1.165) is 0 Å². The molecule has 0 radical (unpaired) electrons. The van der Waals surface area contributed by atoms with E-state index in [1.807, 2.05) is 0 Å². The zero-order chi connectivity index (χ0) is 10.1. The first-order valence-corrected chi connectivity index (χ1v) is 4.13. The number of aromatic nitrogens is 1.